The van der Waals surface area contributed by atoms with Gasteiger partial charge in [-0.3, -0.25) is 0 Å². The number of nitrogens with zero attached hydrogens (tertiary/aromatic N) is 2. The zero-order valence-electron chi connectivity index (χ0n) is 12.8. The van der Waals surface area contributed by atoms with E-state index in [1.165, 1.54) is 51.4 Å². The highest BCUT2D eigenvalue weighted by molar-refractivity contribution is 5.18. The molecule has 5 aliphatic carbocycles. The van der Waals surface area contributed by atoms with E-state index >= 15 is 0 Å². The smallest absolute Gasteiger partial charge is 0.246 e. The van der Waals surface area contributed by atoms with Crippen molar-refractivity contribution >= 4 is 0 Å². The lowest BCUT2D eigenvalue weighted by Crippen LogP contribution is -2.49. The van der Waals surface area contributed by atoms with Crippen LogP contribution >= 0.6 is 0 Å². The molecule has 0 spiro atoms. The van der Waals surface area contributed by atoms with E-state index in [1.54, 1.807) is 0 Å². The van der Waals surface area contributed by atoms with Crippen LogP contribution in [-0.4, -0.2) is 10.1 Å². The maximum atomic E-state index is 6.45. The molecule has 1 unspecified atom stereocenters. The van der Waals surface area contributed by atoms with Crippen molar-refractivity contribution in [3.63, 3.8) is 0 Å². The molecule has 4 bridgehead atoms. The van der Waals surface area contributed by atoms with Gasteiger partial charge in [0.05, 0.1) is 5.54 Å². The first-order valence-corrected chi connectivity index (χ1v) is 8.69. The van der Waals surface area contributed by atoms with Gasteiger partial charge >= 0.3 is 0 Å². The van der Waals surface area contributed by atoms with Gasteiger partial charge in [-0.25, -0.2) is 0 Å². The van der Waals surface area contributed by atoms with E-state index in [2.05, 4.69) is 12.1 Å². The number of hydrogen-bond acceptors (Lipinski definition) is 4. The summed E-state index contributed by atoms with van der Waals surface area (Å²) in [6.45, 7) is 2.06. The molecular weight excluding hydrogens is 262 g/mol. The summed E-state index contributed by atoms with van der Waals surface area (Å²) in [5.41, 5.74) is 6.25. The standard InChI is InChI=1S/C17H25N3O/c1-16(18,13-2-3-13)15-19-14(20-21-15)17-7-10-4-11(8-17)6-12(5-10)9-17/h10-13H,2-9,18H2,1H3. The number of hydrogen-bond donors (Lipinski definition) is 1. The third-order valence-corrected chi connectivity index (χ3v) is 6.82. The van der Waals surface area contributed by atoms with Gasteiger partial charge in [-0.05, 0) is 82.0 Å². The highest BCUT2D eigenvalue weighted by atomic mass is 16.5. The molecule has 5 fully saturated rings. The van der Waals surface area contributed by atoms with Crippen LogP contribution in [0.2, 0.25) is 0 Å². The number of aromatic nitrogens is 2. The molecule has 0 saturated heterocycles. The fourth-order valence-corrected chi connectivity index (χ4v) is 5.90. The van der Waals surface area contributed by atoms with Crippen molar-refractivity contribution < 1.29 is 4.52 Å². The summed E-state index contributed by atoms with van der Waals surface area (Å²) in [7, 11) is 0. The molecule has 1 heterocycles. The number of nitrogens with two attached hydrogens (primary N) is 1. The first-order chi connectivity index (χ1) is 10.1. The molecule has 0 aromatic carbocycles. The largest absolute Gasteiger partial charge is 0.337 e. The fraction of sp³-hybridized carbons (Fsp3) is 0.882. The van der Waals surface area contributed by atoms with Crippen LogP contribution in [0, 0.1) is 23.7 Å². The quantitative estimate of drug-likeness (QED) is 0.927. The van der Waals surface area contributed by atoms with E-state index in [-0.39, 0.29) is 5.41 Å². The molecule has 4 nitrogen and oxygen atoms in total. The molecule has 114 valence electrons. The van der Waals surface area contributed by atoms with Gasteiger partial charge in [-0.2, -0.15) is 4.98 Å². The molecule has 0 amide bonds. The first kappa shape index (κ1) is 12.6. The summed E-state index contributed by atoms with van der Waals surface area (Å²) in [5, 5.41) is 4.42. The summed E-state index contributed by atoms with van der Waals surface area (Å²) in [4.78, 5) is 4.83. The van der Waals surface area contributed by atoms with E-state index in [1.807, 2.05) is 0 Å². The Balaban J connectivity index is 1.49. The first-order valence-electron chi connectivity index (χ1n) is 8.69. The fourth-order valence-electron chi connectivity index (χ4n) is 5.90. The minimum absolute atomic E-state index is 0.218. The predicted octanol–water partition coefficient (Wildman–Crippen LogP) is 3.12. The van der Waals surface area contributed by atoms with E-state index in [0.29, 0.717) is 11.8 Å². The average molecular weight is 287 g/mol. The molecule has 0 radical (unpaired) electrons. The van der Waals surface area contributed by atoms with Crippen molar-refractivity contribution in [3.8, 4) is 0 Å². The van der Waals surface area contributed by atoms with Crippen LogP contribution in [0.1, 0.15) is 70.0 Å². The summed E-state index contributed by atoms with van der Waals surface area (Å²) < 4.78 is 5.63. The van der Waals surface area contributed by atoms with Crippen LogP contribution in [0.4, 0.5) is 0 Å². The zero-order valence-corrected chi connectivity index (χ0v) is 12.8. The molecule has 1 aromatic rings. The molecule has 2 N–H and O–H groups in total. The Kier molecular flexibility index (Phi) is 2.34. The van der Waals surface area contributed by atoms with Gasteiger partial charge in [0.1, 0.15) is 0 Å². The Bertz CT molecular complexity index is 537. The summed E-state index contributed by atoms with van der Waals surface area (Å²) in [5.74, 6) is 4.91. The number of rotatable bonds is 3. The lowest BCUT2D eigenvalue weighted by molar-refractivity contribution is -0.0103. The van der Waals surface area contributed by atoms with Crippen molar-refractivity contribution in [2.45, 2.75) is 69.2 Å². The molecule has 5 aliphatic rings. The van der Waals surface area contributed by atoms with Crippen LogP contribution < -0.4 is 5.73 Å². The highest BCUT2D eigenvalue weighted by Gasteiger charge is 2.54. The molecule has 1 atom stereocenters. The highest BCUT2D eigenvalue weighted by Crippen LogP contribution is 2.60. The Morgan fingerprint density at radius 1 is 1.10 bits per heavy atom. The third kappa shape index (κ3) is 1.77. The lowest BCUT2D eigenvalue weighted by Gasteiger charge is -2.55. The maximum absolute atomic E-state index is 6.45. The average Bonchev–Trinajstić information content (AvgIpc) is 3.14. The van der Waals surface area contributed by atoms with Gasteiger partial charge in [0.2, 0.25) is 5.89 Å². The van der Waals surface area contributed by atoms with Crippen LogP contribution in [0.3, 0.4) is 0 Å². The summed E-state index contributed by atoms with van der Waals surface area (Å²) >= 11 is 0. The lowest BCUT2D eigenvalue weighted by atomic mass is 9.49. The third-order valence-electron chi connectivity index (χ3n) is 6.82. The van der Waals surface area contributed by atoms with E-state index in [0.717, 1.165) is 23.6 Å². The predicted molar refractivity (Wildman–Crippen MR) is 78.4 cm³/mol. The Labute approximate surface area is 125 Å². The van der Waals surface area contributed by atoms with Crippen molar-refractivity contribution in [1.82, 2.24) is 10.1 Å². The molecule has 1 aromatic heterocycles. The second-order valence-electron chi connectivity index (χ2n) is 8.68. The topological polar surface area (TPSA) is 64.9 Å². The Morgan fingerprint density at radius 2 is 1.67 bits per heavy atom. The van der Waals surface area contributed by atoms with Crippen LogP contribution in [0.5, 0.6) is 0 Å². The summed E-state index contributed by atoms with van der Waals surface area (Å²) in [6.07, 6.45) is 10.6. The normalized spacial score (nSPS) is 44.0. The van der Waals surface area contributed by atoms with Gasteiger partial charge in [0.15, 0.2) is 5.82 Å². The van der Waals surface area contributed by atoms with E-state index < -0.39 is 5.54 Å². The molecule has 0 aliphatic heterocycles. The van der Waals surface area contributed by atoms with Crippen molar-refractivity contribution in [3.05, 3.63) is 11.7 Å². The van der Waals surface area contributed by atoms with Crippen LogP contribution in [-0.2, 0) is 11.0 Å². The molecule has 21 heavy (non-hydrogen) atoms. The van der Waals surface area contributed by atoms with Crippen LogP contribution in [0.15, 0.2) is 4.52 Å². The molecule has 5 saturated carbocycles. The van der Waals surface area contributed by atoms with Crippen molar-refractivity contribution in [1.29, 1.82) is 0 Å². The Morgan fingerprint density at radius 3 is 2.19 bits per heavy atom. The minimum Gasteiger partial charge on any atom is -0.337 e. The molecular formula is C17H25N3O. The van der Waals surface area contributed by atoms with E-state index in [4.69, 9.17) is 15.2 Å². The molecule has 4 heteroatoms. The summed E-state index contributed by atoms with van der Waals surface area (Å²) in [6, 6.07) is 0. The van der Waals surface area contributed by atoms with Gasteiger partial charge in [0, 0.05) is 5.41 Å². The van der Waals surface area contributed by atoms with Crippen LogP contribution in [0.25, 0.3) is 0 Å². The second-order valence-corrected chi connectivity index (χ2v) is 8.68. The van der Waals surface area contributed by atoms with Crippen molar-refractivity contribution in [2.75, 3.05) is 0 Å². The van der Waals surface area contributed by atoms with Gasteiger partial charge < -0.3 is 10.3 Å². The SMILES string of the molecule is CC(N)(c1nc(C23CC4CC(CC(C4)C2)C3)no1)C1CC1. The zero-order chi connectivity index (χ0) is 14.2. The monoisotopic (exact) mass is 287 g/mol. The van der Waals surface area contributed by atoms with Gasteiger partial charge in [0.25, 0.3) is 0 Å². The second kappa shape index (κ2) is 3.89. The van der Waals surface area contributed by atoms with Crippen molar-refractivity contribution in [2.24, 2.45) is 29.4 Å². The maximum Gasteiger partial charge on any atom is 0.246 e. The Hall–Kier alpha value is -0.900. The van der Waals surface area contributed by atoms with Gasteiger partial charge in [-0.15, -0.1) is 0 Å². The molecule has 6 rings (SSSR count). The van der Waals surface area contributed by atoms with E-state index in [9.17, 15) is 0 Å². The minimum atomic E-state index is -0.423. The van der Waals surface area contributed by atoms with Gasteiger partial charge in [-0.1, -0.05) is 5.16 Å².